The lowest BCUT2D eigenvalue weighted by Crippen LogP contribution is -2.51. The summed E-state index contributed by atoms with van der Waals surface area (Å²) < 4.78 is 0. The maximum atomic E-state index is 13.8. The number of hydrogen-bond donors (Lipinski definition) is 2. The van der Waals surface area contributed by atoms with Gasteiger partial charge < -0.3 is 25.3 Å². The summed E-state index contributed by atoms with van der Waals surface area (Å²) in [5, 5.41) is 6.66. The smallest absolute Gasteiger partial charge is 0.229 e. The number of likely N-dealkylation sites (N-methyl/N-ethyl adjacent to an activating group) is 2. The lowest BCUT2D eigenvalue weighted by molar-refractivity contribution is -0.133. The average molecular weight is 506 g/mol. The van der Waals surface area contributed by atoms with E-state index in [-0.39, 0.29) is 17.6 Å². The van der Waals surface area contributed by atoms with E-state index in [0.29, 0.717) is 12.8 Å². The van der Waals surface area contributed by atoms with E-state index in [0.717, 1.165) is 69.0 Å². The molecule has 2 saturated heterocycles. The molecule has 2 heterocycles. The van der Waals surface area contributed by atoms with E-state index in [1.54, 1.807) is 0 Å². The van der Waals surface area contributed by atoms with Crippen LogP contribution >= 0.6 is 0 Å². The van der Waals surface area contributed by atoms with Crippen molar-refractivity contribution in [1.29, 1.82) is 0 Å². The summed E-state index contributed by atoms with van der Waals surface area (Å²) in [6, 6.07) is 16.4. The van der Waals surface area contributed by atoms with Crippen LogP contribution in [0.1, 0.15) is 47.7 Å². The van der Waals surface area contributed by atoms with Gasteiger partial charge in [-0.2, -0.15) is 0 Å². The SMILES string of the molecule is CCC(Cc1ccc(C(C)C(=O)N2CCNCC2)cc1)(NC)C(=O)c1ccc(N2CCN(C)CC2)cc1. The van der Waals surface area contributed by atoms with Crippen molar-refractivity contribution in [2.24, 2.45) is 0 Å². The predicted octanol–water partition coefficient (Wildman–Crippen LogP) is 2.77. The highest BCUT2D eigenvalue weighted by atomic mass is 16.2. The van der Waals surface area contributed by atoms with Crippen LogP contribution in [-0.4, -0.2) is 93.5 Å². The Kier molecular flexibility index (Phi) is 9.00. The molecule has 2 aromatic rings. The molecule has 2 fully saturated rings. The van der Waals surface area contributed by atoms with Crippen molar-refractivity contribution >= 4 is 17.4 Å². The molecule has 0 saturated carbocycles. The van der Waals surface area contributed by atoms with E-state index in [2.05, 4.69) is 58.7 Å². The number of carbonyl (C=O) groups excluding carboxylic acids is 2. The summed E-state index contributed by atoms with van der Waals surface area (Å²) in [4.78, 5) is 33.4. The fraction of sp³-hybridized carbons (Fsp3) is 0.533. The number of carbonyl (C=O) groups is 2. The first-order valence-corrected chi connectivity index (χ1v) is 13.7. The van der Waals surface area contributed by atoms with Crippen molar-refractivity contribution < 1.29 is 9.59 Å². The van der Waals surface area contributed by atoms with Gasteiger partial charge in [0.2, 0.25) is 5.91 Å². The normalized spacial score (nSPS) is 19.4. The molecule has 2 aromatic carbocycles. The second kappa shape index (κ2) is 12.2. The van der Waals surface area contributed by atoms with E-state index >= 15 is 0 Å². The third-order valence-electron chi connectivity index (χ3n) is 8.30. The van der Waals surface area contributed by atoms with Gasteiger partial charge in [0.1, 0.15) is 0 Å². The highest BCUT2D eigenvalue weighted by molar-refractivity contribution is 6.03. The second-order valence-electron chi connectivity index (χ2n) is 10.6. The molecule has 0 bridgehead atoms. The van der Waals surface area contributed by atoms with Gasteiger partial charge in [-0.3, -0.25) is 9.59 Å². The first-order valence-electron chi connectivity index (χ1n) is 13.7. The van der Waals surface area contributed by atoms with Crippen LogP contribution in [0.5, 0.6) is 0 Å². The molecule has 7 nitrogen and oxygen atoms in total. The Hall–Kier alpha value is -2.74. The molecule has 37 heavy (non-hydrogen) atoms. The summed E-state index contributed by atoms with van der Waals surface area (Å²) in [7, 11) is 4.03. The third kappa shape index (κ3) is 6.22. The molecule has 0 aromatic heterocycles. The molecule has 0 spiro atoms. The van der Waals surface area contributed by atoms with Crippen molar-refractivity contribution in [2.75, 3.05) is 71.4 Å². The molecule has 0 aliphatic carbocycles. The molecule has 2 unspecified atom stereocenters. The van der Waals surface area contributed by atoms with Gasteiger partial charge in [0, 0.05) is 63.6 Å². The Balaban J connectivity index is 1.44. The summed E-state index contributed by atoms with van der Waals surface area (Å²) in [6.07, 6.45) is 1.28. The number of benzene rings is 2. The largest absolute Gasteiger partial charge is 0.369 e. The number of ketones is 1. The van der Waals surface area contributed by atoms with Crippen LogP contribution in [0.3, 0.4) is 0 Å². The molecule has 7 heteroatoms. The number of rotatable bonds is 9. The van der Waals surface area contributed by atoms with Gasteiger partial charge in [-0.25, -0.2) is 0 Å². The minimum atomic E-state index is -0.681. The van der Waals surface area contributed by atoms with Crippen LogP contribution in [0.2, 0.25) is 0 Å². The number of nitrogens with one attached hydrogen (secondary N) is 2. The Bertz CT molecular complexity index is 1030. The molecular formula is C30H43N5O2. The van der Waals surface area contributed by atoms with Crippen LogP contribution in [0.25, 0.3) is 0 Å². The summed E-state index contributed by atoms with van der Waals surface area (Å²) >= 11 is 0. The number of piperazine rings is 2. The van der Waals surface area contributed by atoms with E-state index in [1.807, 2.05) is 43.1 Å². The van der Waals surface area contributed by atoms with Crippen molar-refractivity contribution in [1.82, 2.24) is 20.4 Å². The molecule has 200 valence electrons. The predicted molar refractivity (Wildman–Crippen MR) is 151 cm³/mol. The maximum Gasteiger partial charge on any atom is 0.229 e. The van der Waals surface area contributed by atoms with Gasteiger partial charge in [-0.1, -0.05) is 31.2 Å². The van der Waals surface area contributed by atoms with Crippen LogP contribution in [-0.2, 0) is 11.2 Å². The van der Waals surface area contributed by atoms with Gasteiger partial charge in [0.25, 0.3) is 0 Å². The zero-order chi connectivity index (χ0) is 26.4. The van der Waals surface area contributed by atoms with E-state index in [4.69, 9.17) is 0 Å². The third-order valence-corrected chi connectivity index (χ3v) is 8.30. The molecule has 2 aliphatic heterocycles. The van der Waals surface area contributed by atoms with Gasteiger partial charge in [0.15, 0.2) is 5.78 Å². The quantitative estimate of drug-likeness (QED) is 0.511. The fourth-order valence-electron chi connectivity index (χ4n) is 5.48. The van der Waals surface area contributed by atoms with Gasteiger partial charge >= 0.3 is 0 Å². The van der Waals surface area contributed by atoms with E-state index < -0.39 is 5.54 Å². The standard InChI is InChI=1S/C30H43N5O2/c1-5-30(31-3,28(36)26-10-12-27(13-11-26)34-20-18-33(4)19-21-34)22-24-6-8-25(9-7-24)23(2)29(37)35-16-14-32-15-17-35/h6-13,23,31-32H,5,14-22H2,1-4H3. The van der Waals surface area contributed by atoms with E-state index in [1.165, 1.54) is 5.69 Å². The van der Waals surface area contributed by atoms with Crippen molar-refractivity contribution in [3.63, 3.8) is 0 Å². The zero-order valence-electron chi connectivity index (χ0n) is 22.9. The topological polar surface area (TPSA) is 67.9 Å². The molecule has 0 radical (unpaired) electrons. The average Bonchev–Trinajstić information content (AvgIpc) is 2.96. The highest BCUT2D eigenvalue weighted by Crippen LogP contribution is 2.26. The van der Waals surface area contributed by atoms with Crippen LogP contribution in [0.15, 0.2) is 48.5 Å². The number of anilines is 1. The Labute approximate surface area is 222 Å². The van der Waals surface area contributed by atoms with Crippen LogP contribution in [0.4, 0.5) is 5.69 Å². The second-order valence-corrected chi connectivity index (χ2v) is 10.6. The molecule has 1 amide bonds. The van der Waals surface area contributed by atoms with Gasteiger partial charge in [-0.15, -0.1) is 0 Å². The van der Waals surface area contributed by atoms with Crippen molar-refractivity contribution in [3.05, 3.63) is 65.2 Å². The Morgan fingerprint density at radius 3 is 2.14 bits per heavy atom. The number of nitrogens with zero attached hydrogens (tertiary/aromatic N) is 3. The first kappa shape index (κ1) is 27.3. The lowest BCUT2D eigenvalue weighted by Gasteiger charge is -2.34. The van der Waals surface area contributed by atoms with Crippen molar-refractivity contribution in [2.45, 2.75) is 38.1 Å². The summed E-state index contributed by atoms with van der Waals surface area (Å²) in [5.74, 6) is 0.129. The molecule has 2 N–H and O–H groups in total. The first-order chi connectivity index (χ1) is 17.9. The van der Waals surface area contributed by atoms with E-state index in [9.17, 15) is 9.59 Å². The fourth-order valence-corrected chi connectivity index (χ4v) is 5.48. The number of hydrogen-bond acceptors (Lipinski definition) is 6. The molecular weight excluding hydrogens is 462 g/mol. The maximum absolute atomic E-state index is 13.8. The minimum absolute atomic E-state index is 0.119. The van der Waals surface area contributed by atoms with Crippen LogP contribution in [0, 0.1) is 0 Å². The highest BCUT2D eigenvalue weighted by Gasteiger charge is 2.36. The van der Waals surface area contributed by atoms with Gasteiger partial charge in [0.05, 0.1) is 11.5 Å². The molecule has 4 rings (SSSR count). The number of Topliss-reactive ketones (excluding diaryl/α,β-unsaturated/α-hetero) is 1. The minimum Gasteiger partial charge on any atom is -0.369 e. The van der Waals surface area contributed by atoms with Gasteiger partial charge in [-0.05, 0) is 69.3 Å². The van der Waals surface area contributed by atoms with Crippen molar-refractivity contribution in [3.8, 4) is 0 Å². The summed E-state index contributed by atoms with van der Waals surface area (Å²) in [6.45, 7) is 11.4. The lowest BCUT2D eigenvalue weighted by atomic mass is 9.81. The molecule has 2 atom stereocenters. The Morgan fingerprint density at radius 2 is 1.57 bits per heavy atom. The monoisotopic (exact) mass is 505 g/mol. The van der Waals surface area contributed by atoms with Crippen LogP contribution < -0.4 is 15.5 Å². The summed E-state index contributed by atoms with van der Waals surface area (Å²) in [5.41, 5.74) is 3.34. The zero-order valence-corrected chi connectivity index (χ0v) is 22.9. The molecule has 2 aliphatic rings. The number of amides is 1. The Morgan fingerprint density at radius 1 is 0.946 bits per heavy atom.